The summed E-state index contributed by atoms with van der Waals surface area (Å²) in [7, 11) is 0. The van der Waals surface area contributed by atoms with Crippen molar-refractivity contribution < 1.29 is 13.9 Å². The number of aliphatic hydroxyl groups excluding tert-OH is 1. The van der Waals surface area contributed by atoms with Crippen molar-refractivity contribution in [2.24, 2.45) is 0 Å². The van der Waals surface area contributed by atoms with Crippen LogP contribution in [0.3, 0.4) is 0 Å². The van der Waals surface area contributed by atoms with Gasteiger partial charge in [-0.2, -0.15) is 0 Å². The van der Waals surface area contributed by atoms with Crippen molar-refractivity contribution in [2.45, 2.75) is 24.9 Å². The molecule has 4 nitrogen and oxygen atoms in total. The smallest absolute Gasteiger partial charge is 0.123 e. The van der Waals surface area contributed by atoms with Gasteiger partial charge in [0.05, 0.1) is 6.10 Å². The Morgan fingerprint density at radius 2 is 1.31 bits per heavy atom. The predicted octanol–water partition coefficient (Wildman–Crippen LogP) is 5.62. The number of rotatable bonds is 11. The number of β-amino-alcohol motifs (C(OH)–C–C–N with tert-alkyl or cyclic N) is 1. The lowest BCUT2D eigenvalue weighted by atomic mass is 9.87. The van der Waals surface area contributed by atoms with Gasteiger partial charge in [0, 0.05) is 55.9 Å². The third-order valence-electron chi connectivity index (χ3n) is 6.83. The van der Waals surface area contributed by atoms with Crippen LogP contribution in [0.25, 0.3) is 0 Å². The molecule has 3 aromatic carbocycles. The van der Waals surface area contributed by atoms with Crippen molar-refractivity contribution in [3.8, 4) is 0 Å². The summed E-state index contributed by atoms with van der Waals surface area (Å²) in [5.41, 5.74) is 3.05. The van der Waals surface area contributed by atoms with Gasteiger partial charge in [-0.05, 0) is 79.0 Å². The van der Waals surface area contributed by atoms with Crippen LogP contribution in [0.4, 0.5) is 14.5 Å². The number of aliphatic hydroxyl groups is 1. The minimum Gasteiger partial charge on any atom is -0.390 e. The number of hydrogen-bond donors (Lipinski definition) is 2. The van der Waals surface area contributed by atoms with E-state index in [1.807, 2.05) is 48.5 Å². The monoisotopic (exact) mass is 513 g/mol. The molecule has 1 saturated heterocycles. The Kier molecular flexibility index (Phi) is 9.70. The highest BCUT2D eigenvalue weighted by Gasteiger charge is 2.20. The SMILES string of the molecule is OC(CNc1ccc(Cl)cc1)CN1CCN(CCCC(c2ccc(F)cc2)c2ccc(F)cc2)CC1. The van der Waals surface area contributed by atoms with Gasteiger partial charge in [0.2, 0.25) is 0 Å². The highest BCUT2D eigenvalue weighted by Crippen LogP contribution is 2.30. The Hall–Kier alpha value is -2.51. The Bertz CT molecular complexity index is 1010. The van der Waals surface area contributed by atoms with Gasteiger partial charge in [0.1, 0.15) is 11.6 Å². The summed E-state index contributed by atoms with van der Waals surface area (Å²) in [6, 6.07) is 20.8. The van der Waals surface area contributed by atoms with Crippen LogP contribution in [0.5, 0.6) is 0 Å². The Morgan fingerprint density at radius 3 is 1.86 bits per heavy atom. The third kappa shape index (κ3) is 8.00. The van der Waals surface area contributed by atoms with E-state index >= 15 is 0 Å². The number of piperazine rings is 1. The minimum atomic E-state index is -0.445. The highest BCUT2D eigenvalue weighted by molar-refractivity contribution is 6.30. The standard InChI is InChI=1S/C29H34ClF2N3O/c30-24-7-13-27(14-8-24)33-20-28(36)21-35-18-16-34(17-19-35)15-1-2-29(22-3-9-25(31)10-4-22)23-5-11-26(32)12-6-23/h3-14,28-29,33,36H,1-2,15-21H2. The molecule has 36 heavy (non-hydrogen) atoms. The van der Waals surface area contributed by atoms with E-state index in [9.17, 15) is 13.9 Å². The molecule has 1 fully saturated rings. The fourth-order valence-electron chi connectivity index (χ4n) is 4.80. The molecule has 0 amide bonds. The zero-order chi connectivity index (χ0) is 25.3. The van der Waals surface area contributed by atoms with Gasteiger partial charge in [-0.25, -0.2) is 8.78 Å². The number of halogens is 3. The zero-order valence-electron chi connectivity index (χ0n) is 20.4. The van der Waals surface area contributed by atoms with E-state index in [4.69, 9.17) is 11.6 Å². The molecule has 1 unspecified atom stereocenters. The van der Waals surface area contributed by atoms with E-state index in [0.717, 1.165) is 62.4 Å². The molecule has 1 aliphatic heterocycles. The van der Waals surface area contributed by atoms with Gasteiger partial charge in [0.15, 0.2) is 0 Å². The summed E-state index contributed by atoms with van der Waals surface area (Å²) in [6.45, 7) is 5.91. The maximum absolute atomic E-state index is 13.5. The first-order chi connectivity index (χ1) is 17.5. The largest absolute Gasteiger partial charge is 0.390 e. The van der Waals surface area contributed by atoms with Crippen LogP contribution in [-0.4, -0.2) is 66.8 Å². The van der Waals surface area contributed by atoms with Crippen molar-refractivity contribution in [1.29, 1.82) is 0 Å². The average molecular weight is 514 g/mol. The number of nitrogens with zero attached hydrogens (tertiary/aromatic N) is 2. The molecule has 1 atom stereocenters. The fraction of sp³-hybridized carbons (Fsp3) is 0.379. The molecule has 0 aromatic heterocycles. The van der Waals surface area contributed by atoms with Gasteiger partial charge >= 0.3 is 0 Å². The molecule has 0 bridgehead atoms. The molecule has 0 spiro atoms. The second kappa shape index (κ2) is 13.2. The number of benzene rings is 3. The highest BCUT2D eigenvalue weighted by atomic mass is 35.5. The topological polar surface area (TPSA) is 38.7 Å². The van der Waals surface area contributed by atoms with Crippen LogP contribution in [0.1, 0.15) is 29.9 Å². The van der Waals surface area contributed by atoms with Crippen LogP contribution in [0.2, 0.25) is 5.02 Å². The van der Waals surface area contributed by atoms with Gasteiger partial charge in [-0.3, -0.25) is 4.90 Å². The first-order valence-corrected chi connectivity index (χ1v) is 13.0. The number of anilines is 1. The van der Waals surface area contributed by atoms with E-state index < -0.39 is 6.10 Å². The van der Waals surface area contributed by atoms with Crippen LogP contribution in [0, 0.1) is 11.6 Å². The number of hydrogen-bond acceptors (Lipinski definition) is 4. The molecule has 3 aromatic rings. The van der Waals surface area contributed by atoms with E-state index in [1.54, 1.807) is 0 Å². The molecule has 7 heteroatoms. The first kappa shape index (κ1) is 26.6. The van der Waals surface area contributed by atoms with Gasteiger partial charge in [0.25, 0.3) is 0 Å². The molecular formula is C29H34ClF2N3O. The van der Waals surface area contributed by atoms with E-state index in [1.165, 1.54) is 24.3 Å². The van der Waals surface area contributed by atoms with Gasteiger partial charge < -0.3 is 15.3 Å². The lowest BCUT2D eigenvalue weighted by molar-refractivity contribution is 0.0776. The molecule has 0 radical (unpaired) electrons. The van der Waals surface area contributed by atoms with Crippen molar-refractivity contribution >= 4 is 17.3 Å². The number of nitrogens with one attached hydrogen (secondary N) is 1. The van der Waals surface area contributed by atoms with Crippen LogP contribution >= 0.6 is 11.6 Å². The zero-order valence-corrected chi connectivity index (χ0v) is 21.2. The molecule has 192 valence electrons. The average Bonchev–Trinajstić information content (AvgIpc) is 2.89. The van der Waals surface area contributed by atoms with Crippen molar-refractivity contribution in [1.82, 2.24) is 9.80 Å². The quantitative estimate of drug-likeness (QED) is 0.349. The van der Waals surface area contributed by atoms with Crippen molar-refractivity contribution in [3.05, 3.63) is 101 Å². The molecule has 0 saturated carbocycles. The van der Waals surface area contributed by atoms with Crippen LogP contribution in [-0.2, 0) is 0 Å². The molecule has 1 aliphatic rings. The Morgan fingerprint density at radius 1 is 0.778 bits per heavy atom. The molecular weight excluding hydrogens is 480 g/mol. The summed E-state index contributed by atoms with van der Waals surface area (Å²) in [4.78, 5) is 4.77. The lowest BCUT2D eigenvalue weighted by Crippen LogP contribution is -2.49. The molecule has 4 rings (SSSR count). The summed E-state index contributed by atoms with van der Waals surface area (Å²) in [5, 5.41) is 14.4. The van der Waals surface area contributed by atoms with Crippen LogP contribution < -0.4 is 5.32 Å². The second-order valence-electron chi connectivity index (χ2n) is 9.48. The second-order valence-corrected chi connectivity index (χ2v) is 9.92. The van der Waals surface area contributed by atoms with Crippen LogP contribution in [0.15, 0.2) is 72.8 Å². The van der Waals surface area contributed by atoms with E-state index in [-0.39, 0.29) is 17.6 Å². The van der Waals surface area contributed by atoms with Crippen molar-refractivity contribution in [3.63, 3.8) is 0 Å². The van der Waals surface area contributed by atoms with Crippen molar-refractivity contribution in [2.75, 3.05) is 51.1 Å². The van der Waals surface area contributed by atoms with Gasteiger partial charge in [-0.15, -0.1) is 0 Å². The molecule has 2 N–H and O–H groups in total. The first-order valence-electron chi connectivity index (χ1n) is 12.6. The predicted molar refractivity (Wildman–Crippen MR) is 143 cm³/mol. The molecule has 1 heterocycles. The third-order valence-corrected chi connectivity index (χ3v) is 7.08. The normalized spacial score (nSPS) is 15.8. The maximum atomic E-state index is 13.5. The van der Waals surface area contributed by atoms with E-state index in [0.29, 0.717) is 18.1 Å². The summed E-state index contributed by atoms with van der Waals surface area (Å²) in [5.74, 6) is -0.392. The summed E-state index contributed by atoms with van der Waals surface area (Å²) in [6.07, 6.45) is 1.46. The lowest BCUT2D eigenvalue weighted by Gasteiger charge is -2.36. The Balaban J connectivity index is 1.20. The maximum Gasteiger partial charge on any atom is 0.123 e. The minimum absolute atomic E-state index is 0.107. The van der Waals surface area contributed by atoms with E-state index in [2.05, 4.69) is 15.1 Å². The summed E-state index contributed by atoms with van der Waals surface area (Å²) < 4.78 is 26.9. The fourth-order valence-corrected chi connectivity index (χ4v) is 4.92. The Labute approximate surface area is 217 Å². The van der Waals surface area contributed by atoms with Gasteiger partial charge in [-0.1, -0.05) is 35.9 Å². The summed E-state index contributed by atoms with van der Waals surface area (Å²) >= 11 is 5.92. The molecule has 0 aliphatic carbocycles.